The number of carbonyl (C=O) groups excluding carboxylic acids is 1. The van der Waals surface area contributed by atoms with E-state index in [1.807, 2.05) is 20.9 Å². The maximum Gasteiger partial charge on any atom is 0.323 e. The monoisotopic (exact) mass is 791 g/mol. The Labute approximate surface area is 278 Å². The number of carbonyl (C=O) groups is 1. The Morgan fingerprint density at radius 1 is 1.07 bits per heavy atom. The molecule has 2 aromatic rings. The topological polar surface area (TPSA) is 142 Å². The number of nitriles is 1. The number of hydrogen-bond acceptors (Lipinski definition) is 11. The van der Waals surface area contributed by atoms with Crippen LogP contribution in [0.25, 0.3) is 0 Å². The van der Waals surface area contributed by atoms with Gasteiger partial charge >= 0.3 is 5.97 Å². The minimum Gasteiger partial charge on any atom is -0.507 e. The number of aromatic hydroxyl groups is 2. The molecular weight excluding hydrogens is 759 g/mol. The largest absolute Gasteiger partial charge is 0.507 e. The van der Waals surface area contributed by atoms with Gasteiger partial charge in [0, 0.05) is 84.2 Å². The van der Waals surface area contributed by atoms with Gasteiger partial charge in [-0.25, -0.2) is 0 Å². The van der Waals surface area contributed by atoms with Crippen molar-refractivity contribution < 1.29 is 73.3 Å². The number of esters is 1. The van der Waals surface area contributed by atoms with Crippen LogP contribution in [0.1, 0.15) is 56.3 Å². The molecule has 4 bridgehead atoms. The minimum absolute atomic E-state index is 0. The van der Waals surface area contributed by atoms with Gasteiger partial charge in [0.25, 0.3) is 0 Å². The van der Waals surface area contributed by atoms with Crippen LogP contribution in [0.15, 0.2) is 6.07 Å². The first-order valence-electron chi connectivity index (χ1n) is 13.5. The van der Waals surface area contributed by atoms with E-state index in [2.05, 4.69) is 21.9 Å². The van der Waals surface area contributed by atoms with Gasteiger partial charge in [0.1, 0.15) is 30.2 Å². The number of nitrogens with zero attached hydrogens (tertiary/aromatic N) is 3. The van der Waals surface area contributed by atoms with Gasteiger partial charge in [-0.3, -0.25) is 14.6 Å². The quantitative estimate of drug-likeness (QED) is 0.340. The number of fused-ring (bicyclic) bond motifs is 9. The number of benzene rings is 2. The van der Waals surface area contributed by atoms with Crippen LogP contribution in [-0.2, 0) is 16.0 Å². The van der Waals surface area contributed by atoms with Crippen molar-refractivity contribution in [1.29, 1.82) is 5.26 Å². The fourth-order valence-electron chi connectivity index (χ4n) is 7.59. The number of aryl methyl sites for hydroxylation is 1. The maximum absolute atomic E-state index is 12.8. The summed E-state index contributed by atoms with van der Waals surface area (Å²) in [5, 5.41) is 33.6. The number of phenolic OH excluding ortho intramolecular Hbond substituents is 2. The number of ether oxygens (including phenoxy) is 3. The minimum atomic E-state index is -0.837. The van der Waals surface area contributed by atoms with Crippen molar-refractivity contribution in [2.75, 3.05) is 26.2 Å². The summed E-state index contributed by atoms with van der Waals surface area (Å²) in [4.78, 5) is 17.2. The predicted octanol–water partition coefficient (Wildman–Crippen LogP) is 2.64. The second-order valence-corrected chi connectivity index (χ2v) is 12.7. The Morgan fingerprint density at radius 3 is 2.51 bits per heavy atom. The van der Waals surface area contributed by atoms with Gasteiger partial charge in [0.05, 0.1) is 23.4 Å². The van der Waals surface area contributed by atoms with Crippen LogP contribution in [0, 0.1) is 76.2 Å². The van der Waals surface area contributed by atoms with Crippen LogP contribution in [0.4, 0.5) is 0 Å². The van der Waals surface area contributed by atoms with Crippen LogP contribution in [0.3, 0.4) is 0 Å². The Morgan fingerprint density at radius 2 is 1.78 bits per heavy atom. The number of cyclic esters (lactones) is 1. The SMILES string of the molecule is Cc1cc2c(c(O)c1C)[C@@H]1C3[C@@H]4SCC(N)C(=O)OC[C@@H](c5c6c(c(C)c(O)c54)OCO6)N3[C@@H](C#N)[C@H](C2)N1C.[Ac]. The van der Waals surface area contributed by atoms with Crippen molar-refractivity contribution in [2.45, 2.75) is 68.7 Å². The maximum atomic E-state index is 12.8. The zero-order chi connectivity index (χ0) is 28.2. The Kier molecular flexibility index (Phi) is 7.49. The fraction of sp³-hybridized carbons (Fsp3) is 0.517. The molecule has 0 saturated carbocycles. The molecule has 12 heteroatoms. The summed E-state index contributed by atoms with van der Waals surface area (Å²) >= 11 is 1.47. The summed E-state index contributed by atoms with van der Waals surface area (Å²) in [6.07, 6.45) is 0.595. The molecule has 2 unspecified atom stereocenters. The molecule has 10 nitrogen and oxygen atoms in total. The van der Waals surface area contributed by atoms with E-state index in [1.165, 1.54) is 11.8 Å². The Balaban J connectivity index is 0.00000302. The molecule has 0 aromatic heterocycles. The van der Waals surface area contributed by atoms with Crippen LogP contribution >= 0.6 is 11.8 Å². The van der Waals surface area contributed by atoms with Gasteiger partial charge in [-0.15, -0.1) is 11.8 Å². The van der Waals surface area contributed by atoms with Gasteiger partial charge < -0.3 is 30.2 Å². The summed E-state index contributed by atoms with van der Waals surface area (Å²) in [6.45, 7) is 5.68. The molecule has 213 valence electrons. The van der Waals surface area contributed by atoms with Crippen molar-refractivity contribution in [2.24, 2.45) is 5.73 Å². The van der Waals surface area contributed by atoms with E-state index in [1.54, 1.807) is 6.92 Å². The van der Waals surface area contributed by atoms with Gasteiger partial charge in [-0.05, 0) is 50.9 Å². The van der Waals surface area contributed by atoms with E-state index < -0.39 is 29.3 Å². The van der Waals surface area contributed by atoms with Crippen LogP contribution in [-0.4, -0.2) is 76.3 Å². The predicted molar refractivity (Wildman–Crippen MR) is 146 cm³/mol. The molecule has 0 aliphatic carbocycles. The summed E-state index contributed by atoms with van der Waals surface area (Å²) < 4.78 is 17.6. The van der Waals surface area contributed by atoms with Crippen molar-refractivity contribution >= 4 is 17.7 Å². The van der Waals surface area contributed by atoms with E-state index >= 15 is 0 Å². The van der Waals surface area contributed by atoms with Gasteiger partial charge in [-0.1, -0.05) is 6.07 Å². The molecule has 4 N–H and O–H groups in total. The third kappa shape index (κ3) is 3.99. The van der Waals surface area contributed by atoms with E-state index in [9.17, 15) is 20.3 Å². The van der Waals surface area contributed by atoms with E-state index in [0.717, 1.165) is 22.3 Å². The number of hydrogen-bond donors (Lipinski definition) is 3. The van der Waals surface area contributed by atoms with Crippen LogP contribution in [0.2, 0.25) is 0 Å². The van der Waals surface area contributed by atoms with Crippen molar-refractivity contribution in [3.05, 3.63) is 45.0 Å². The number of rotatable bonds is 0. The van der Waals surface area contributed by atoms with E-state index in [4.69, 9.17) is 19.9 Å². The molecule has 5 heterocycles. The molecule has 7 atom stereocenters. The molecule has 0 spiro atoms. The number of nitrogens with two attached hydrogens (primary N) is 1. The molecule has 5 aliphatic heterocycles. The fourth-order valence-corrected chi connectivity index (χ4v) is 9.03. The van der Waals surface area contributed by atoms with Crippen molar-refractivity contribution in [1.82, 2.24) is 9.80 Å². The zero-order valence-electron chi connectivity index (χ0n) is 23.4. The molecule has 7 rings (SSSR count). The normalized spacial score (nSPS) is 31.7. The third-order valence-corrected chi connectivity index (χ3v) is 11.1. The van der Waals surface area contributed by atoms with Gasteiger partial charge in [0.2, 0.25) is 6.79 Å². The molecule has 2 aromatic carbocycles. The third-order valence-electron chi connectivity index (χ3n) is 9.64. The first kappa shape index (κ1) is 29.3. The first-order chi connectivity index (χ1) is 19.1. The second-order valence-electron chi connectivity index (χ2n) is 11.5. The number of phenols is 2. The van der Waals surface area contributed by atoms with E-state index in [-0.39, 0.29) is 92.8 Å². The summed E-state index contributed by atoms with van der Waals surface area (Å²) in [7, 11) is 2.02. The smallest absolute Gasteiger partial charge is 0.323 e. The number of thioether (sulfide) groups is 1. The average Bonchev–Trinajstić information content (AvgIpc) is 3.42. The van der Waals surface area contributed by atoms with Crippen LogP contribution in [0.5, 0.6) is 23.0 Å². The van der Waals surface area contributed by atoms with Gasteiger partial charge in [0.15, 0.2) is 11.5 Å². The van der Waals surface area contributed by atoms with Crippen molar-refractivity contribution in [3.8, 4) is 29.1 Å². The molecule has 0 amide bonds. The summed E-state index contributed by atoms with van der Waals surface area (Å²) in [5.41, 5.74) is 12.0. The second kappa shape index (κ2) is 10.5. The number of likely N-dealkylation sites (N-methyl/N-ethyl adjacent to an activating group) is 1. The molecular formula is C29H32AcN4O6S. The van der Waals surface area contributed by atoms with Crippen molar-refractivity contribution in [3.63, 3.8) is 0 Å². The Bertz CT molecular complexity index is 1510. The molecule has 41 heavy (non-hydrogen) atoms. The molecule has 2 saturated heterocycles. The summed E-state index contributed by atoms with van der Waals surface area (Å²) in [5.74, 6) is 1.14. The standard InChI is InChI=1S/C29H32N4O6S.Ac/c1-11-5-14-6-16-17(7-30)33-18-8-37-29(36)15(31)9-40-28(23(33)22(32(16)4)19(14)24(34)12(11)2)21-20(18)27-26(38-10-39-27)13(3)25(21)35;/h5,15-18,22-23,28,34-35H,6,8-10,31H2,1-4H3;/t15?,16-,17-,18-,22+,23?,28+;/m0./s1. The van der Waals surface area contributed by atoms with E-state index in [0.29, 0.717) is 34.6 Å². The van der Waals surface area contributed by atoms with Gasteiger partial charge in [-0.2, -0.15) is 5.26 Å². The average molecular weight is 792 g/mol. The summed E-state index contributed by atoms with van der Waals surface area (Å²) in [6, 6.07) is 1.93. The zero-order valence-corrected chi connectivity index (χ0v) is 28.9. The first-order valence-corrected chi connectivity index (χ1v) is 14.6. The molecule has 1 radical (unpaired) electrons. The molecule has 2 fully saturated rings. The van der Waals surface area contributed by atoms with Crippen LogP contribution < -0.4 is 15.2 Å². The molecule has 5 aliphatic rings. The number of piperazine rings is 1. The Hall–Kier alpha value is -1.73.